The molecule has 6 nitrogen and oxygen atoms in total. The van der Waals surface area contributed by atoms with Gasteiger partial charge in [-0.05, 0) is 55.8 Å². The van der Waals surface area contributed by atoms with E-state index in [4.69, 9.17) is 0 Å². The van der Waals surface area contributed by atoms with E-state index in [0.29, 0.717) is 23.4 Å². The molecule has 0 spiro atoms. The number of fused-ring (bicyclic) bond motifs is 1. The van der Waals surface area contributed by atoms with Gasteiger partial charge in [0.15, 0.2) is 5.65 Å². The summed E-state index contributed by atoms with van der Waals surface area (Å²) < 4.78 is 2.92. The Morgan fingerprint density at radius 1 is 1.00 bits per heavy atom. The second kappa shape index (κ2) is 7.15. The first kappa shape index (κ1) is 17.7. The third-order valence-corrected chi connectivity index (χ3v) is 4.49. The standard InChI is InChI=1S/C22H20N4O2/c1-15-10-16(2)12-18(11-15)21(27)23-19-7-5-6-17(13-19)14-26-22(28)25-9-4-3-8-20(25)24-26/h3-13H,14H2,1-2H3,(H,23,27). The van der Waals surface area contributed by atoms with Crippen LogP contribution in [0.4, 0.5) is 5.69 Å². The Kier molecular flexibility index (Phi) is 4.53. The number of carbonyl (C=O) groups is 1. The molecule has 2 heterocycles. The summed E-state index contributed by atoms with van der Waals surface area (Å²) in [6.45, 7) is 4.27. The Balaban J connectivity index is 1.56. The van der Waals surface area contributed by atoms with Gasteiger partial charge in [-0.3, -0.25) is 9.20 Å². The van der Waals surface area contributed by atoms with Gasteiger partial charge in [-0.15, -0.1) is 5.10 Å². The fourth-order valence-corrected chi connectivity index (χ4v) is 3.30. The molecule has 0 unspecified atom stereocenters. The van der Waals surface area contributed by atoms with Crippen LogP contribution in [-0.2, 0) is 6.54 Å². The van der Waals surface area contributed by atoms with Gasteiger partial charge in [0.05, 0.1) is 6.54 Å². The lowest BCUT2D eigenvalue weighted by molar-refractivity contribution is 0.102. The van der Waals surface area contributed by atoms with Crippen molar-refractivity contribution in [2.24, 2.45) is 0 Å². The van der Waals surface area contributed by atoms with Gasteiger partial charge < -0.3 is 5.32 Å². The zero-order valence-electron chi connectivity index (χ0n) is 15.7. The van der Waals surface area contributed by atoms with Crippen LogP contribution in [0.15, 0.2) is 71.7 Å². The summed E-state index contributed by atoms with van der Waals surface area (Å²) in [5, 5.41) is 7.27. The lowest BCUT2D eigenvalue weighted by atomic mass is 10.1. The van der Waals surface area contributed by atoms with E-state index in [1.807, 2.05) is 62.4 Å². The minimum Gasteiger partial charge on any atom is -0.322 e. The van der Waals surface area contributed by atoms with Gasteiger partial charge in [-0.2, -0.15) is 0 Å². The number of nitrogens with one attached hydrogen (secondary N) is 1. The fourth-order valence-electron chi connectivity index (χ4n) is 3.30. The van der Waals surface area contributed by atoms with Crippen LogP contribution in [0.1, 0.15) is 27.0 Å². The quantitative estimate of drug-likeness (QED) is 0.597. The summed E-state index contributed by atoms with van der Waals surface area (Å²) in [7, 11) is 0. The van der Waals surface area contributed by atoms with Gasteiger partial charge in [-0.25, -0.2) is 9.48 Å². The molecule has 140 valence electrons. The molecule has 28 heavy (non-hydrogen) atoms. The molecule has 2 aromatic carbocycles. The van der Waals surface area contributed by atoms with E-state index in [2.05, 4.69) is 10.4 Å². The van der Waals surface area contributed by atoms with E-state index in [1.165, 1.54) is 9.08 Å². The Hall–Kier alpha value is -3.67. The molecule has 0 aliphatic heterocycles. The zero-order chi connectivity index (χ0) is 19.7. The first-order chi connectivity index (χ1) is 13.5. The van der Waals surface area contributed by atoms with Crippen LogP contribution in [0.3, 0.4) is 0 Å². The van der Waals surface area contributed by atoms with E-state index >= 15 is 0 Å². The zero-order valence-corrected chi connectivity index (χ0v) is 15.7. The topological polar surface area (TPSA) is 68.4 Å². The molecule has 1 amide bonds. The highest BCUT2D eigenvalue weighted by Gasteiger charge is 2.10. The molecule has 0 aliphatic rings. The first-order valence-electron chi connectivity index (χ1n) is 9.02. The SMILES string of the molecule is Cc1cc(C)cc(C(=O)Nc2cccc(Cn3nc4ccccn4c3=O)c2)c1. The van der Waals surface area contributed by atoms with E-state index < -0.39 is 0 Å². The minimum atomic E-state index is -0.194. The van der Waals surface area contributed by atoms with Crippen molar-refractivity contribution in [3.63, 3.8) is 0 Å². The van der Waals surface area contributed by atoms with Crippen molar-refractivity contribution in [2.75, 3.05) is 5.32 Å². The van der Waals surface area contributed by atoms with Crippen molar-refractivity contribution in [3.05, 3.63) is 99.6 Å². The predicted octanol–water partition coefficient (Wildman–Crippen LogP) is 3.41. The Morgan fingerprint density at radius 3 is 2.54 bits per heavy atom. The van der Waals surface area contributed by atoms with Gasteiger partial charge in [-0.1, -0.05) is 35.4 Å². The molecule has 0 fully saturated rings. The molecular formula is C22H20N4O2. The van der Waals surface area contributed by atoms with Crippen molar-refractivity contribution >= 4 is 17.2 Å². The number of pyridine rings is 1. The largest absolute Gasteiger partial charge is 0.350 e. The van der Waals surface area contributed by atoms with E-state index in [1.54, 1.807) is 18.3 Å². The second-order valence-electron chi connectivity index (χ2n) is 6.90. The van der Waals surface area contributed by atoms with Crippen molar-refractivity contribution in [2.45, 2.75) is 20.4 Å². The van der Waals surface area contributed by atoms with Crippen LogP contribution >= 0.6 is 0 Å². The Morgan fingerprint density at radius 2 is 1.79 bits per heavy atom. The van der Waals surface area contributed by atoms with Crippen molar-refractivity contribution < 1.29 is 4.79 Å². The number of anilines is 1. The van der Waals surface area contributed by atoms with E-state index in [0.717, 1.165) is 16.7 Å². The average molecular weight is 372 g/mol. The highest BCUT2D eigenvalue weighted by molar-refractivity contribution is 6.04. The number of nitrogens with zero attached hydrogens (tertiary/aromatic N) is 3. The van der Waals surface area contributed by atoms with Crippen LogP contribution in [0.25, 0.3) is 5.65 Å². The number of benzene rings is 2. The molecule has 4 rings (SSSR count). The maximum absolute atomic E-state index is 12.6. The number of rotatable bonds is 4. The smallest absolute Gasteiger partial charge is 0.322 e. The van der Waals surface area contributed by atoms with Gasteiger partial charge in [0.25, 0.3) is 5.91 Å². The van der Waals surface area contributed by atoms with Crippen molar-refractivity contribution in [1.29, 1.82) is 0 Å². The molecule has 0 atom stereocenters. The maximum Gasteiger partial charge on any atom is 0.350 e. The van der Waals surface area contributed by atoms with Crippen molar-refractivity contribution in [3.8, 4) is 0 Å². The lowest BCUT2D eigenvalue weighted by Gasteiger charge is -2.09. The summed E-state index contributed by atoms with van der Waals surface area (Å²) in [5.41, 5.74) is 4.68. The van der Waals surface area contributed by atoms with Gasteiger partial charge >= 0.3 is 5.69 Å². The second-order valence-corrected chi connectivity index (χ2v) is 6.90. The molecule has 0 saturated heterocycles. The number of aromatic nitrogens is 3. The molecular weight excluding hydrogens is 352 g/mol. The van der Waals surface area contributed by atoms with Crippen LogP contribution in [-0.4, -0.2) is 20.1 Å². The van der Waals surface area contributed by atoms with E-state index in [-0.39, 0.29) is 11.6 Å². The minimum absolute atomic E-state index is 0.158. The van der Waals surface area contributed by atoms with Crippen LogP contribution in [0, 0.1) is 13.8 Å². The normalized spacial score (nSPS) is 10.9. The van der Waals surface area contributed by atoms with Crippen LogP contribution in [0.5, 0.6) is 0 Å². The monoisotopic (exact) mass is 372 g/mol. The summed E-state index contributed by atoms with van der Waals surface area (Å²) >= 11 is 0. The Bertz CT molecular complexity index is 1220. The average Bonchev–Trinajstić information content (AvgIpc) is 2.97. The fraction of sp³-hybridized carbons (Fsp3) is 0.136. The summed E-state index contributed by atoms with van der Waals surface area (Å²) in [5.74, 6) is -0.158. The summed E-state index contributed by atoms with van der Waals surface area (Å²) in [4.78, 5) is 25.0. The number of amides is 1. The molecule has 2 aromatic heterocycles. The van der Waals surface area contributed by atoms with Crippen LogP contribution in [0.2, 0.25) is 0 Å². The van der Waals surface area contributed by atoms with Gasteiger partial charge in [0.2, 0.25) is 0 Å². The maximum atomic E-state index is 12.6. The van der Waals surface area contributed by atoms with Crippen molar-refractivity contribution in [1.82, 2.24) is 14.2 Å². The molecule has 6 heteroatoms. The van der Waals surface area contributed by atoms with Gasteiger partial charge in [0.1, 0.15) is 0 Å². The van der Waals surface area contributed by atoms with E-state index in [9.17, 15) is 9.59 Å². The third kappa shape index (κ3) is 3.57. The third-order valence-electron chi connectivity index (χ3n) is 4.49. The molecule has 0 saturated carbocycles. The summed E-state index contributed by atoms with van der Waals surface area (Å²) in [6, 6.07) is 18.6. The number of carbonyl (C=O) groups excluding carboxylic acids is 1. The number of hydrogen-bond donors (Lipinski definition) is 1. The predicted molar refractivity (Wildman–Crippen MR) is 109 cm³/mol. The summed E-state index contributed by atoms with van der Waals surface area (Å²) in [6.07, 6.45) is 1.70. The highest BCUT2D eigenvalue weighted by atomic mass is 16.2. The molecule has 0 bridgehead atoms. The highest BCUT2D eigenvalue weighted by Crippen LogP contribution is 2.15. The molecule has 0 radical (unpaired) electrons. The molecule has 4 aromatic rings. The number of aryl methyl sites for hydroxylation is 2. The Labute approximate surface area is 162 Å². The van der Waals surface area contributed by atoms with Crippen LogP contribution < -0.4 is 11.0 Å². The lowest BCUT2D eigenvalue weighted by Crippen LogP contribution is -2.21. The number of hydrogen-bond acceptors (Lipinski definition) is 3. The molecule has 0 aliphatic carbocycles. The first-order valence-corrected chi connectivity index (χ1v) is 9.02. The molecule has 1 N–H and O–H groups in total. The van der Waals surface area contributed by atoms with Gasteiger partial charge in [0, 0.05) is 17.4 Å².